The van der Waals surface area contributed by atoms with Crippen molar-refractivity contribution in [3.05, 3.63) is 58.7 Å². The van der Waals surface area contributed by atoms with Crippen molar-refractivity contribution < 1.29 is 48.3 Å². The van der Waals surface area contributed by atoms with E-state index >= 15 is 0 Å². The zero-order chi connectivity index (χ0) is 29.1. The fraction of sp³-hybridized carbons (Fsp3) is 0.414. The van der Waals surface area contributed by atoms with Gasteiger partial charge in [-0.25, -0.2) is 0 Å². The molecule has 0 saturated heterocycles. The molecule has 0 spiro atoms. The predicted octanol–water partition coefficient (Wildman–Crippen LogP) is 0.924. The van der Waals surface area contributed by atoms with Gasteiger partial charge in [-0.1, -0.05) is 6.07 Å². The maximum Gasteiger partial charge on any atom is 0.247 e. The van der Waals surface area contributed by atoms with Crippen molar-refractivity contribution in [2.24, 2.45) is 0 Å². The number of rotatable bonds is 11. The van der Waals surface area contributed by atoms with Gasteiger partial charge in [-0.2, -0.15) is 0 Å². The lowest BCUT2D eigenvalue weighted by molar-refractivity contribution is -0.139. The molecule has 0 saturated carbocycles. The molecule has 2 aromatic carbocycles. The Kier molecular flexibility index (Phi) is 8.43. The fourth-order valence-electron chi connectivity index (χ4n) is 5.49. The molecule has 4 unspecified atom stereocenters. The number of aliphatic hydroxyl groups is 2. The highest BCUT2D eigenvalue weighted by atomic mass is 16.7. The molecular weight excluding hydrogens is 536 g/mol. The van der Waals surface area contributed by atoms with Gasteiger partial charge in [-0.3, -0.25) is 14.4 Å². The summed E-state index contributed by atoms with van der Waals surface area (Å²) in [5.74, 6) is 0.163. The number of carbonyl (C=O) groups excluding carboxylic acids is 3. The smallest absolute Gasteiger partial charge is 0.247 e. The van der Waals surface area contributed by atoms with E-state index in [1.807, 2.05) is 0 Å². The number of carbonyl (C=O) groups is 3. The lowest BCUT2D eigenvalue weighted by Crippen LogP contribution is -2.55. The summed E-state index contributed by atoms with van der Waals surface area (Å²) in [6.07, 6.45) is 0.0337. The molecule has 0 radical (unpaired) electrons. The van der Waals surface area contributed by atoms with Crippen LogP contribution in [0, 0.1) is 0 Å². The van der Waals surface area contributed by atoms with Crippen LogP contribution in [0.4, 0.5) is 0 Å². The molecule has 218 valence electrons. The first kappa shape index (κ1) is 28.4. The number of nitrogens with one attached hydrogen (secondary N) is 1. The van der Waals surface area contributed by atoms with Gasteiger partial charge in [0, 0.05) is 36.9 Å². The van der Waals surface area contributed by atoms with Crippen molar-refractivity contribution in [3.63, 3.8) is 0 Å². The zero-order valence-corrected chi connectivity index (χ0v) is 22.7. The van der Waals surface area contributed by atoms with Crippen molar-refractivity contribution in [2.75, 3.05) is 40.8 Å². The lowest BCUT2D eigenvalue weighted by atomic mass is 9.77. The summed E-state index contributed by atoms with van der Waals surface area (Å²) in [5.41, 5.74) is 1.78. The van der Waals surface area contributed by atoms with Crippen LogP contribution in [-0.4, -0.2) is 92.2 Å². The monoisotopic (exact) mass is 568 g/mol. The molecule has 3 aliphatic rings. The van der Waals surface area contributed by atoms with Crippen LogP contribution in [0.5, 0.6) is 23.0 Å². The highest BCUT2D eigenvalue weighted by Crippen LogP contribution is 2.51. The summed E-state index contributed by atoms with van der Waals surface area (Å²) in [6.45, 7) is 0.0707. The maximum atomic E-state index is 13.5. The second-order valence-corrected chi connectivity index (χ2v) is 9.85. The SMILES string of the molecule is COCCC(=O)N(Cc1ccc2c(c1)OCO2)C1C=C(C(=O)NCCO)C2c3cc(C=O)cc(OC)c3OC2C1O. The van der Waals surface area contributed by atoms with E-state index in [-0.39, 0.29) is 56.7 Å². The molecule has 0 aromatic heterocycles. The molecule has 2 amide bonds. The number of hydrogen-bond donors (Lipinski definition) is 3. The molecule has 12 heteroatoms. The van der Waals surface area contributed by atoms with Crippen LogP contribution in [0.15, 0.2) is 42.0 Å². The van der Waals surface area contributed by atoms with Gasteiger partial charge in [0.05, 0.1) is 38.7 Å². The highest BCUT2D eigenvalue weighted by molar-refractivity contribution is 5.96. The topological polar surface area (TPSA) is 153 Å². The van der Waals surface area contributed by atoms with Crippen molar-refractivity contribution in [1.82, 2.24) is 10.2 Å². The Labute approximate surface area is 236 Å². The quantitative estimate of drug-likeness (QED) is 0.334. The number of ether oxygens (including phenoxy) is 5. The molecule has 2 aliphatic heterocycles. The van der Waals surface area contributed by atoms with Crippen LogP contribution in [0.2, 0.25) is 0 Å². The summed E-state index contributed by atoms with van der Waals surface area (Å²) in [4.78, 5) is 40.1. The number of nitrogens with zero attached hydrogens (tertiary/aromatic N) is 1. The van der Waals surface area contributed by atoms with E-state index in [0.717, 1.165) is 5.56 Å². The standard InChI is InChI=1S/C29H32N2O10/c1-37-8-5-24(34)31(13-16-3-4-21-22(10-16)40-15-39-21)20-12-19(29(36)30-6-7-32)25-18-9-17(14-33)11-23(38-2)27(18)41-28(25)26(20)35/h3-4,9-12,14,20,25-26,28,32,35H,5-8,13,15H2,1-2H3,(H,30,36). The highest BCUT2D eigenvalue weighted by Gasteiger charge is 2.51. The Balaban J connectivity index is 1.57. The number of hydrogen-bond acceptors (Lipinski definition) is 10. The summed E-state index contributed by atoms with van der Waals surface area (Å²) < 4.78 is 27.7. The molecule has 1 aliphatic carbocycles. The van der Waals surface area contributed by atoms with Gasteiger partial charge >= 0.3 is 0 Å². The van der Waals surface area contributed by atoms with Crippen molar-refractivity contribution >= 4 is 18.1 Å². The fourth-order valence-corrected chi connectivity index (χ4v) is 5.49. The summed E-state index contributed by atoms with van der Waals surface area (Å²) in [5, 5.41) is 23.7. The first-order chi connectivity index (χ1) is 19.9. The van der Waals surface area contributed by atoms with Gasteiger partial charge < -0.3 is 44.1 Å². The molecule has 0 bridgehead atoms. The van der Waals surface area contributed by atoms with Crippen LogP contribution in [-0.2, 0) is 20.9 Å². The first-order valence-electron chi connectivity index (χ1n) is 13.2. The average molecular weight is 569 g/mol. The second-order valence-electron chi connectivity index (χ2n) is 9.85. The molecule has 5 rings (SSSR count). The molecule has 2 aromatic rings. The van der Waals surface area contributed by atoms with E-state index in [2.05, 4.69) is 5.32 Å². The van der Waals surface area contributed by atoms with Crippen LogP contribution < -0.4 is 24.3 Å². The summed E-state index contributed by atoms with van der Waals surface area (Å²) in [6, 6.07) is 7.47. The number of aldehydes is 1. The van der Waals surface area contributed by atoms with Gasteiger partial charge in [0.15, 0.2) is 23.0 Å². The largest absolute Gasteiger partial charge is 0.493 e. The third-order valence-electron chi connectivity index (χ3n) is 7.40. The van der Waals surface area contributed by atoms with Crippen molar-refractivity contribution in [1.29, 1.82) is 0 Å². The van der Waals surface area contributed by atoms with Gasteiger partial charge in [-0.15, -0.1) is 0 Å². The molecule has 0 fully saturated rings. The van der Waals surface area contributed by atoms with Crippen LogP contribution in [0.3, 0.4) is 0 Å². The summed E-state index contributed by atoms with van der Waals surface area (Å²) in [7, 11) is 2.92. The van der Waals surface area contributed by atoms with Gasteiger partial charge in [0.25, 0.3) is 0 Å². The predicted molar refractivity (Wildman–Crippen MR) is 143 cm³/mol. The van der Waals surface area contributed by atoms with E-state index in [1.54, 1.807) is 30.3 Å². The van der Waals surface area contributed by atoms with Gasteiger partial charge in [-0.05, 0) is 35.9 Å². The van der Waals surface area contributed by atoms with E-state index < -0.39 is 30.1 Å². The minimum absolute atomic E-state index is 0.000126. The lowest BCUT2D eigenvalue weighted by Gasteiger charge is -2.40. The number of aliphatic hydroxyl groups excluding tert-OH is 2. The number of fused-ring (bicyclic) bond motifs is 4. The van der Waals surface area contributed by atoms with E-state index in [4.69, 9.17) is 23.7 Å². The Hall–Kier alpha value is -4.13. The van der Waals surface area contributed by atoms with Gasteiger partial charge in [0.1, 0.15) is 18.5 Å². The minimum atomic E-state index is -1.26. The second kappa shape index (κ2) is 12.2. The normalized spacial score (nSPS) is 21.7. The Morgan fingerprint density at radius 1 is 1.17 bits per heavy atom. The van der Waals surface area contributed by atoms with Crippen LogP contribution >= 0.6 is 0 Å². The van der Waals surface area contributed by atoms with Crippen LogP contribution in [0.25, 0.3) is 0 Å². The molecule has 12 nitrogen and oxygen atoms in total. The Bertz CT molecular complexity index is 1360. The third kappa shape index (κ3) is 5.45. The van der Waals surface area contributed by atoms with Crippen LogP contribution in [0.1, 0.15) is 33.8 Å². The van der Waals surface area contributed by atoms with E-state index in [0.29, 0.717) is 34.7 Å². The number of benzene rings is 2. The maximum absolute atomic E-state index is 13.5. The molecule has 3 N–H and O–H groups in total. The number of amides is 2. The Morgan fingerprint density at radius 3 is 2.71 bits per heavy atom. The molecule has 41 heavy (non-hydrogen) atoms. The van der Waals surface area contributed by atoms with Crippen molar-refractivity contribution in [3.8, 4) is 23.0 Å². The first-order valence-corrected chi connectivity index (χ1v) is 13.2. The average Bonchev–Trinajstić information content (AvgIpc) is 3.62. The summed E-state index contributed by atoms with van der Waals surface area (Å²) >= 11 is 0. The molecule has 2 heterocycles. The zero-order valence-electron chi connectivity index (χ0n) is 22.7. The molecular formula is C29H32N2O10. The minimum Gasteiger partial charge on any atom is -0.493 e. The molecule has 4 atom stereocenters. The van der Waals surface area contributed by atoms with E-state index in [9.17, 15) is 24.6 Å². The third-order valence-corrected chi connectivity index (χ3v) is 7.40. The van der Waals surface area contributed by atoms with E-state index in [1.165, 1.54) is 25.2 Å². The number of methoxy groups -OCH3 is 2. The van der Waals surface area contributed by atoms with Gasteiger partial charge in [0.2, 0.25) is 18.6 Å². The van der Waals surface area contributed by atoms with Crippen molar-refractivity contribution in [2.45, 2.75) is 37.1 Å². The Morgan fingerprint density at radius 2 is 1.98 bits per heavy atom.